The normalized spacial score (nSPS) is 14.0. The third kappa shape index (κ3) is 4.49. The first-order valence-corrected chi connectivity index (χ1v) is 12.8. The lowest BCUT2D eigenvalue weighted by Gasteiger charge is -2.20. The summed E-state index contributed by atoms with van der Waals surface area (Å²) in [4.78, 5) is 53.0. The molecule has 2 amide bonds. The third-order valence-corrected chi connectivity index (χ3v) is 6.96. The number of benzene rings is 4. The van der Waals surface area contributed by atoms with E-state index >= 15 is 0 Å². The van der Waals surface area contributed by atoms with Gasteiger partial charge < -0.3 is 19.3 Å². The van der Waals surface area contributed by atoms with Crippen LogP contribution in [0.1, 0.15) is 31.8 Å². The Morgan fingerprint density at radius 2 is 0.850 bits per heavy atom. The van der Waals surface area contributed by atoms with Gasteiger partial charge in [0.2, 0.25) is 0 Å². The number of rotatable bonds is 9. The largest absolute Gasteiger partial charge is 0.490 e. The fraction of sp³-hybridized carbons (Fsp3) is 0.125. The summed E-state index contributed by atoms with van der Waals surface area (Å²) < 4.78 is 12.0. The number of carbonyl (C=O) groups excluding carboxylic acids is 4. The molecule has 0 aromatic heterocycles. The number of Topliss-reactive ketones (excluding diaryl/α,β-unsaturated/α-hetero) is 2. The maximum Gasteiger partial charge on any atom is 0.299 e. The first-order valence-electron chi connectivity index (χ1n) is 12.8. The molecule has 4 aromatic carbocycles. The van der Waals surface area contributed by atoms with Crippen LogP contribution >= 0.6 is 0 Å². The number of hydrogen-bond acceptors (Lipinski definition) is 6. The molecule has 8 nitrogen and oxygen atoms in total. The Kier molecular flexibility index (Phi) is 6.57. The number of ether oxygens (including phenoxy) is 2. The molecule has 0 fully saturated rings. The maximum atomic E-state index is 12.6. The van der Waals surface area contributed by atoms with Crippen LogP contribution in [0.15, 0.2) is 97.1 Å². The molecular weight excluding hydrogens is 508 g/mol. The summed E-state index contributed by atoms with van der Waals surface area (Å²) in [5.41, 5.74) is 3.51. The van der Waals surface area contributed by atoms with Gasteiger partial charge in [-0.2, -0.15) is 0 Å². The van der Waals surface area contributed by atoms with Crippen LogP contribution in [0.3, 0.4) is 0 Å². The SMILES string of the molecule is O=C1C(=O)N(Cc2ccccc2OCCOc2ccccc2CN2C(=O)C(=O)c3ccccc32)c2ccccc21. The lowest BCUT2D eigenvalue weighted by atomic mass is 10.1. The summed E-state index contributed by atoms with van der Waals surface area (Å²) >= 11 is 0. The first-order chi connectivity index (χ1) is 19.5. The van der Waals surface area contributed by atoms with E-state index in [0.717, 1.165) is 11.1 Å². The predicted molar refractivity (Wildman–Crippen MR) is 148 cm³/mol. The molecule has 2 aliphatic heterocycles. The van der Waals surface area contributed by atoms with Gasteiger partial charge in [-0.15, -0.1) is 0 Å². The Bertz CT molecular complexity index is 1540. The molecule has 8 heteroatoms. The molecule has 4 aromatic rings. The van der Waals surface area contributed by atoms with E-state index < -0.39 is 23.4 Å². The molecule has 0 atom stereocenters. The van der Waals surface area contributed by atoms with Gasteiger partial charge in [0.05, 0.1) is 35.6 Å². The number of nitrogens with zero attached hydrogens (tertiary/aromatic N) is 2. The molecule has 2 aliphatic rings. The predicted octanol–water partition coefficient (Wildman–Crippen LogP) is 4.60. The summed E-state index contributed by atoms with van der Waals surface area (Å²) in [7, 11) is 0. The standard InChI is InChI=1S/C32H24N2O6/c35-29-23-11-3-5-13-25(23)33(31(29)37)19-21-9-1-7-15-27(21)39-17-18-40-28-16-8-2-10-22(28)20-34-26-14-6-4-12-24(26)30(36)32(34)38/h1-16H,17-20H2. The molecule has 0 spiro atoms. The van der Waals surface area contributed by atoms with Crippen molar-refractivity contribution in [1.82, 2.24) is 0 Å². The van der Waals surface area contributed by atoms with Crippen LogP contribution in [0, 0.1) is 0 Å². The average Bonchev–Trinajstić information content (AvgIpc) is 3.37. The van der Waals surface area contributed by atoms with Gasteiger partial charge >= 0.3 is 0 Å². The second-order valence-electron chi connectivity index (χ2n) is 9.39. The van der Waals surface area contributed by atoms with Gasteiger partial charge in [0, 0.05) is 11.1 Å². The van der Waals surface area contributed by atoms with E-state index in [1.807, 2.05) is 48.5 Å². The Hall–Kier alpha value is -5.24. The zero-order chi connectivity index (χ0) is 27.6. The van der Waals surface area contributed by atoms with Crippen LogP contribution in [0.4, 0.5) is 11.4 Å². The quantitative estimate of drug-likeness (QED) is 0.231. The minimum absolute atomic E-state index is 0.200. The molecule has 0 radical (unpaired) electrons. The fourth-order valence-corrected chi connectivity index (χ4v) is 5.00. The van der Waals surface area contributed by atoms with Gasteiger partial charge in [0.15, 0.2) is 0 Å². The van der Waals surface area contributed by atoms with Crippen molar-refractivity contribution in [3.05, 3.63) is 119 Å². The highest BCUT2D eigenvalue weighted by atomic mass is 16.5. The number of amides is 2. The molecule has 0 aliphatic carbocycles. The van der Waals surface area contributed by atoms with Crippen molar-refractivity contribution in [3.63, 3.8) is 0 Å². The summed E-state index contributed by atoms with van der Waals surface area (Å²) in [6.07, 6.45) is 0. The van der Waals surface area contributed by atoms with Gasteiger partial charge in [0.25, 0.3) is 23.4 Å². The topological polar surface area (TPSA) is 93.2 Å². The molecule has 2 heterocycles. The lowest BCUT2D eigenvalue weighted by Crippen LogP contribution is -2.29. The van der Waals surface area contributed by atoms with Gasteiger partial charge in [-0.1, -0.05) is 60.7 Å². The fourth-order valence-electron chi connectivity index (χ4n) is 5.00. The van der Waals surface area contributed by atoms with E-state index in [4.69, 9.17) is 9.47 Å². The molecule has 40 heavy (non-hydrogen) atoms. The van der Waals surface area contributed by atoms with Gasteiger partial charge in [-0.05, 0) is 36.4 Å². The minimum atomic E-state index is -0.559. The van der Waals surface area contributed by atoms with E-state index in [1.165, 1.54) is 9.80 Å². The van der Waals surface area contributed by atoms with Crippen LogP contribution in [-0.4, -0.2) is 36.6 Å². The Balaban J connectivity index is 1.11. The number of para-hydroxylation sites is 4. The van der Waals surface area contributed by atoms with Crippen LogP contribution < -0.4 is 19.3 Å². The lowest BCUT2D eigenvalue weighted by molar-refractivity contribution is -0.115. The summed E-state index contributed by atoms with van der Waals surface area (Å²) in [5.74, 6) is -0.966. The number of hydrogen-bond donors (Lipinski definition) is 0. The zero-order valence-corrected chi connectivity index (χ0v) is 21.4. The van der Waals surface area contributed by atoms with Crippen LogP contribution in [0.2, 0.25) is 0 Å². The van der Waals surface area contributed by atoms with Crippen molar-refractivity contribution in [2.45, 2.75) is 13.1 Å². The molecule has 0 bridgehead atoms. The molecule has 0 saturated carbocycles. The van der Waals surface area contributed by atoms with Crippen LogP contribution in [0.25, 0.3) is 0 Å². The van der Waals surface area contributed by atoms with Crippen molar-refractivity contribution >= 4 is 34.8 Å². The summed E-state index contributed by atoms with van der Waals surface area (Å²) in [6, 6.07) is 28.6. The summed E-state index contributed by atoms with van der Waals surface area (Å²) in [6.45, 7) is 0.842. The monoisotopic (exact) mass is 532 g/mol. The van der Waals surface area contributed by atoms with Gasteiger partial charge in [-0.3, -0.25) is 19.2 Å². The van der Waals surface area contributed by atoms with Crippen molar-refractivity contribution in [2.24, 2.45) is 0 Å². The van der Waals surface area contributed by atoms with Gasteiger partial charge in [0.1, 0.15) is 24.7 Å². The molecular formula is C32H24N2O6. The second-order valence-corrected chi connectivity index (χ2v) is 9.39. The Morgan fingerprint density at radius 3 is 1.30 bits per heavy atom. The van der Waals surface area contributed by atoms with E-state index in [2.05, 4.69) is 0 Å². The molecule has 0 unspecified atom stereocenters. The van der Waals surface area contributed by atoms with Crippen LogP contribution in [0.5, 0.6) is 11.5 Å². The van der Waals surface area contributed by atoms with E-state index in [1.54, 1.807) is 48.5 Å². The number of anilines is 2. The highest BCUT2D eigenvalue weighted by molar-refractivity contribution is 6.52. The summed E-state index contributed by atoms with van der Waals surface area (Å²) in [5, 5.41) is 0. The van der Waals surface area contributed by atoms with Crippen molar-refractivity contribution in [3.8, 4) is 11.5 Å². The highest BCUT2D eigenvalue weighted by Gasteiger charge is 2.36. The highest BCUT2D eigenvalue weighted by Crippen LogP contribution is 2.33. The Labute approximate surface area is 230 Å². The number of carbonyl (C=O) groups is 4. The van der Waals surface area contributed by atoms with Crippen molar-refractivity contribution in [1.29, 1.82) is 0 Å². The maximum absolute atomic E-state index is 12.6. The van der Waals surface area contributed by atoms with Crippen LogP contribution in [-0.2, 0) is 22.7 Å². The van der Waals surface area contributed by atoms with Gasteiger partial charge in [-0.25, -0.2) is 0 Å². The third-order valence-electron chi connectivity index (χ3n) is 6.96. The molecule has 198 valence electrons. The molecule has 6 rings (SSSR count). The number of ketones is 2. The van der Waals surface area contributed by atoms with Crippen molar-refractivity contribution < 1.29 is 28.7 Å². The Morgan fingerprint density at radius 1 is 0.475 bits per heavy atom. The smallest absolute Gasteiger partial charge is 0.299 e. The van der Waals surface area contributed by atoms with E-state index in [-0.39, 0.29) is 26.3 Å². The van der Waals surface area contributed by atoms with E-state index in [0.29, 0.717) is 34.0 Å². The number of fused-ring (bicyclic) bond motifs is 2. The van der Waals surface area contributed by atoms with Crippen molar-refractivity contribution in [2.75, 3.05) is 23.0 Å². The average molecular weight is 533 g/mol. The van der Waals surface area contributed by atoms with E-state index in [9.17, 15) is 19.2 Å². The minimum Gasteiger partial charge on any atom is -0.490 e. The zero-order valence-electron chi connectivity index (χ0n) is 21.4. The first kappa shape index (κ1) is 25.1. The molecule has 0 N–H and O–H groups in total. The second kappa shape index (κ2) is 10.5. The molecule has 0 saturated heterocycles.